The maximum absolute atomic E-state index is 12.8. The molecule has 0 aromatic carbocycles. The van der Waals surface area contributed by atoms with Crippen molar-refractivity contribution in [3.05, 3.63) is 16.5 Å². The summed E-state index contributed by atoms with van der Waals surface area (Å²) in [5.41, 5.74) is 0. The lowest BCUT2D eigenvalue weighted by Gasteiger charge is -2.26. The van der Waals surface area contributed by atoms with E-state index in [0.29, 0.717) is 12.3 Å². The second-order valence-electron chi connectivity index (χ2n) is 5.06. The smallest absolute Gasteiger partial charge is 0.247 e. The van der Waals surface area contributed by atoms with Crippen LogP contribution in [0.1, 0.15) is 19.1 Å². The summed E-state index contributed by atoms with van der Waals surface area (Å²) < 4.78 is 32.6. The first-order chi connectivity index (χ1) is 9.36. The van der Waals surface area contributed by atoms with Crippen molar-refractivity contribution in [3.8, 4) is 0 Å². The topological polar surface area (TPSA) is 53.8 Å². The number of alkyl halides is 1. The summed E-state index contributed by atoms with van der Waals surface area (Å²) >= 11 is 8.86. The van der Waals surface area contributed by atoms with E-state index < -0.39 is 10.0 Å². The molecule has 0 saturated carbocycles. The molecule has 1 unspecified atom stereocenters. The number of rotatable bonds is 3. The van der Waals surface area contributed by atoms with Crippen molar-refractivity contribution in [2.45, 2.75) is 30.2 Å². The number of nitrogens with zero attached hydrogens (tertiary/aromatic N) is 2. The fourth-order valence-electron chi connectivity index (χ4n) is 2.47. The van der Waals surface area contributed by atoms with Crippen LogP contribution in [0.3, 0.4) is 0 Å². The first kappa shape index (κ1) is 16.3. The van der Waals surface area contributed by atoms with Crippen molar-refractivity contribution in [1.29, 1.82) is 0 Å². The minimum absolute atomic E-state index is 0.0752. The van der Waals surface area contributed by atoms with Crippen LogP contribution in [0.2, 0.25) is 0 Å². The molecule has 0 aliphatic carbocycles. The molecule has 20 heavy (non-hydrogen) atoms. The predicted octanol–water partition coefficient (Wildman–Crippen LogP) is 2.50. The van der Waals surface area contributed by atoms with E-state index in [9.17, 15) is 8.42 Å². The lowest BCUT2D eigenvalue weighted by atomic mass is 10.3. The van der Waals surface area contributed by atoms with Crippen LogP contribution < -0.4 is 0 Å². The number of hydrogen-bond donors (Lipinski definition) is 0. The number of hydrogen-bond acceptors (Lipinski definition) is 4. The molecule has 5 nitrogen and oxygen atoms in total. The van der Waals surface area contributed by atoms with Gasteiger partial charge in [-0.3, -0.25) is 0 Å². The fourth-order valence-corrected chi connectivity index (χ4v) is 5.23. The second-order valence-corrected chi connectivity index (χ2v) is 7.91. The van der Waals surface area contributed by atoms with Gasteiger partial charge in [-0.2, -0.15) is 4.31 Å². The van der Waals surface area contributed by atoms with Crippen molar-refractivity contribution >= 4 is 37.6 Å². The number of sulfonamides is 1. The van der Waals surface area contributed by atoms with Gasteiger partial charge in [-0.25, -0.2) is 8.42 Å². The van der Waals surface area contributed by atoms with Crippen LogP contribution in [-0.4, -0.2) is 50.3 Å². The third kappa shape index (κ3) is 3.22. The van der Waals surface area contributed by atoms with Crippen LogP contribution in [0, 0.1) is 0 Å². The molecule has 2 rings (SSSR count). The van der Waals surface area contributed by atoms with Crippen LogP contribution in [0.4, 0.5) is 0 Å². The quantitative estimate of drug-likeness (QED) is 0.750. The Bertz CT molecular complexity index is 575. The van der Waals surface area contributed by atoms with Gasteiger partial charge in [0.1, 0.15) is 10.7 Å². The van der Waals surface area contributed by atoms with Crippen molar-refractivity contribution in [2.75, 3.05) is 26.7 Å². The Morgan fingerprint density at radius 3 is 2.80 bits per heavy atom. The second kappa shape index (κ2) is 6.36. The lowest BCUT2D eigenvalue weighted by molar-refractivity contribution is 0.290. The Morgan fingerprint density at radius 2 is 2.20 bits per heavy atom. The van der Waals surface area contributed by atoms with Gasteiger partial charge >= 0.3 is 0 Å². The van der Waals surface area contributed by atoms with Gasteiger partial charge in [0.2, 0.25) is 10.0 Å². The summed E-state index contributed by atoms with van der Waals surface area (Å²) in [6, 6.07) is 1.42. The highest BCUT2D eigenvalue weighted by atomic mass is 79.9. The van der Waals surface area contributed by atoms with E-state index in [2.05, 4.69) is 20.8 Å². The van der Waals surface area contributed by atoms with Crippen LogP contribution in [0.25, 0.3) is 0 Å². The molecule has 0 spiro atoms. The summed E-state index contributed by atoms with van der Waals surface area (Å²) in [6.45, 7) is 4.06. The van der Waals surface area contributed by atoms with Gasteiger partial charge in [-0.05, 0) is 42.9 Å². The van der Waals surface area contributed by atoms with Gasteiger partial charge in [-0.15, -0.1) is 11.6 Å². The van der Waals surface area contributed by atoms with Crippen molar-refractivity contribution in [2.24, 2.45) is 0 Å². The Kier molecular flexibility index (Phi) is 5.18. The molecule has 0 radical (unpaired) electrons. The molecule has 1 aromatic rings. The summed E-state index contributed by atoms with van der Waals surface area (Å²) in [4.78, 5) is 2.30. The van der Waals surface area contributed by atoms with Crippen LogP contribution in [0.5, 0.6) is 0 Å². The van der Waals surface area contributed by atoms with Crippen LogP contribution in [0.15, 0.2) is 20.0 Å². The molecular formula is C12H18BrClN2O3S. The first-order valence-electron chi connectivity index (χ1n) is 6.41. The van der Waals surface area contributed by atoms with Crippen LogP contribution in [-0.2, 0) is 15.9 Å². The molecular weight excluding hydrogens is 368 g/mol. The molecule has 1 aliphatic heterocycles. The summed E-state index contributed by atoms with van der Waals surface area (Å²) in [5.74, 6) is 0.587. The number of likely N-dealkylation sites (N-methyl/N-ethyl adjacent to an activating group) is 1. The zero-order chi connectivity index (χ0) is 14.9. The first-order valence-corrected chi connectivity index (χ1v) is 9.17. The zero-order valence-electron chi connectivity index (χ0n) is 11.5. The maximum Gasteiger partial charge on any atom is 0.247 e. The standard InChI is InChI=1S/C12H18BrClN2O3S/c1-9-8-15(2)4-3-5-16(9)20(17,18)11-6-10(7-14)19-12(11)13/h6,9H,3-5,7-8H2,1-2H3. The molecule has 1 fully saturated rings. The minimum atomic E-state index is -3.57. The van der Waals surface area contributed by atoms with E-state index in [1.807, 2.05) is 14.0 Å². The summed E-state index contributed by atoms with van der Waals surface area (Å²) in [6.07, 6.45) is 0.817. The van der Waals surface area contributed by atoms with Crippen molar-refractivity contribution in [1.82, 2.24) is 9.21 Å². The molecule has 2 heterocycles. The van der Waals surface area contributed by atoms with E-state index in [1.165, 1.54) is 6.07 Å². The maximum atomic E-state index is 12.8. The molecule has 114 valence electrons. The average molecular weight is 386 g/mol. The van der Waals surface area contributed by atoms with Crippen molar-refractivity contribution in [3.63, 3.8) is 0 Å². The molecule has 0 bridgehead atoms. The van der Waals surface area contributed by atoms with E-state index in [1.54, 1.807) is 4.31 Å². The normalized spacial score (nSPS) is 22.9. The van der Waals surface area contributed by atoms with E-state index in [0.717, 1.165) is 19.5 Å². The van der Waals surface area contributed by atoms with E-state index >= 15 is 0 Å². The van der Waals surface area contributed by atoms with Crippen LogP contribution >= 0.6 is 27.5 Å². The van der Waals surface area contributed by atoms with Crippen molar-refractivity contribution < 1.29 is 12.8 Å². The van der Waals surface area contributed by atoms with Gasteiger partial charge < -0.3 is 9.32 Å². The Labute approximate surface area is 133 Å². The third-order valence-corrected chi connectivity index (χ3v) is 6.54. The predicted molar refractivity (Wildman–Crippen MR) is 81.4 cm³/mol. The Morgan fingerprint density at radius 1 is 1.50 bits per heavy atom. The Hall–Kier alpha value is -0.0800. The van der Waals surface area contributed by atoms with E-state index in [-0.39, 0.29) is 21.5 Å². The zero-order valence-corrected chi connectivity index (χ0v) is 14.6. The highest BCUT2D eigenvalue weighted by Gasteiger charge is 2.34. The summed E-state index contributed by atoms with van der Waals surface area (Å²) in [5, 5.41) is 0. The molecule has 8 heteroatoms. The van der Waals surface area contributed by atoms with Gasteiger partial charge in [0.05, 0.1) is 5.88 Å². The lowest BCUT2D eigenvalue weighted by Crippen LogP contribution is -2.41. The van der Waals surface area contributed by atoms with Gasteiger partial charge in [0.15, 0.2) is 4.67 Å². The highest BCUT2D eigenvalue weighted by molar-refractivity contribution is 9.10. The largest absolute Gasteiger partial charge is 0.452 e. The Balaban J connectivity index is 2.35. The van der Waals surface area contributed by atoms with Gasteiger partial charge in [0.25, 0.3) is 0 Å². The van der Waals surface area contributed by atoms with E-state index in [4.69, 9.17) is 16.0 Å². The monoisotopic (exact) mass is 384 g/mol. The highest BCUT2D eigenvalue weighted by Crippen LogP contribution is 2.31. The number of halogens is 2. The minimum Gasteiger partial charge on any atom is -0.452 e. The third-order valence-electron chi connectivity index (χ3n) is 3.41. The molecule has 0 amide bonds. The SMILES string of the molecule is CC1CN(C)CCCN1S(=O)(=O)c1cc(CCl)oc1Br. The molecule has 1 aromatic heterocycles. The fraction of sp³-hybridized carbons (Fsp3) is 0.667. The number of furan rings is 1. The molecule has 1 aliphatic rings. The van der Waals surface area contributed by atoms with Gasteiger partial charge in [-0.1, -0.05) is 0 Å². The molecule has 0 N–H and O–H groups in total. The molecule has 1 saturated heterocycles. The average Bonchev–Trinajstić information content (AvgIpc) is 2.67. The molecule has 1 atom stereocenters. The summed E-state index contributed by atoms with van der Waals surface area (Å²) in [7, 11) is -1.56. The van der Waals surface area contributed by atoms with Gasteiger partial charge in [0, 0.05) is 25.2 Å².